The van der Waals surface area contributed by atoms with Gasteiger partial charge >= 0.3 is 6.18 Å². The summed E-state index contributed by atoms with van der Waals surface area (Å²) in [7, 11) is -1.18. The molecule has 3 aromatic rings. The molecule has 0 saturated heterocycles. The number of hydrogen-bond donors (Lipinski definition) is 1. The van der Waals surface area contributed by atoms with E-state index in [1.807, 2.05) is 0 Å². The van der Waals surface area contributed by atoms with Crippen molar-refractivity contribution in [3.8, 4) is 5.69 Å². The molecule has 1 N–H and O–H groups in total. The van der Waals surface area contributed by atoms with Crippen molar-refractivity contribution in [2.24, 2.45) is 0 Å². The SMILES string of the molecule is Cc1c(C(=O)Nc2ccc(S(C)=O)cc2)cc(CCF)n1-c1ccc(Cl)cc1C(F)(F)F. The lowest BCUT2D eigenvalue weighted by Gasteiger charge is -2.18. The standard InChI is InChI=1S/C22H19ClF4N2O2S/c1-13-18(21(30)28-15-4-6-17(7-5-15)32(2)31)12-16(9-10-24)29(13)20-8-3-14(23)11-19(20)22(25,26)27/h3-8,11-12H,9-10H2,1-2H3,(H,28,30). The number of carbonyl (C=O) groups is 1. The fourth-order valence-electron chi connectivity index (χ4n) is 3.38. The van der Waals surface area contributed by atoms with Gasteiger partial charge in [-0.3, -0.25) is 13.4 Å². The Bertz CT molecular complexity index is 1170. The fraction of sp³-hybridized carbons (Fsp3) is 0.227. The first-order valence-electron chi connectivity index (χ1n) is 9.42. The number of rotatable bonds is 6. The number of carbonyl (C=O) groups excluding carboxylic acids is 1. The van der Waals surface area contributed by atoms with Crippen LogP contribution in [0.25, 0.3) is 5.69 Å². The highest BCUT2D eigenvalue weighted by Crippen LogP contribution is 2.37. The van der Waals surface area contributed by atoms with Crippen molar-refractivity contribution < 1.29 is 26.6 Å². The first-order chi connectivity index (χ1) is 15.0. The number of nitrogens with zero attached hydrogens (tertiary/aromatic N) is 1. The van der Waals surface area contributed by atoms with Gasteiger partial charge in [-0.15, -0.1) is 0 Å². The molecule has 2 aromatic carbocycles. The van der Waals surface area contributed by atoms with Crippen LogP contribution in [0.2, 0.25) is 5.02 Å². The molecule has 0 radical (unpaired) electrons. The molecule has 0 aliphatic heterocycles. The zero-order valence-electron chi connectivity index (χ0n) is 17.1. The first kappa shape index (κ1) is 24.0. The zero-order chi connectivity index (χ0) is 23.6. The van der Waals surface area contributed by atoms with Crippen molar-refractivity contribution >= 4 is 34.0 Å². The van der Waals surface area contributed by atoms with Gasteiger partial charge in [0.2, 0.25) is 0 Å². The van der Waals surface area contributed by atoms with Crippen LogP contribution in [-0.2, 0) is 23.4 Å². The lowest BCUT2D eigenvalue weighted by atomic mass is 10.1. The minimum absolute atomic E-state index is 0.0904. The van der Waals surface area contributed by atoms with Crippen molar-refractivity contribution in [2.45, 2.75) is 24.4 Å². The van der Waals surface area contributed by atoms with Gasteiger partial charge in [-0.1, -0.05) is 11.6 Å². The maximum atomic E-state index is 13.7. The summed E-state index contributed by atoms with van der Waals surface area (Å²) in [5.74, 6) is -0.561. The van der Waals surface area contributed by atoms with Crippen LogP contribution in [0.1, 0.15) is 27.3 Å². The van der Waals surface area contributed by atoms with Crippen LogP contribution in [0.15, 0.2) is 53.4 Å². The molecule has 0 aliphatic carbocycles. The van der Waals surface area contributed by atoms with Crippen LogP contribution in [0, 0.1) is 6.92 Å². The predicted molar refractivity (Wildman–Crippen MR) is 117 cm³/mol. The molecule has 0 aliphatic rings. The van der Waals surface area contributed by atoms with Crippen molar-refractivity contribution in [1.29, 1.82) is 0 Å². The molecule has 1 heterocycles. The van der Waals surface area contributed by atoms with Gasteiger partial charge in [-0.2, -0.15) is 13.2 Å². The Morgan fingerprint density at radius 3 is 2.34 bits per heavy atom. The molecule has 0 spiro atoms. The van der Waals surface area contributed by atoms with E-state index in [1.54, 1.807) is 24.3 Å². The molecule has 1 atom stereocenters. The van der Waals surface area contributed by atoms with Crippen LogP contribution in [0.4, 0.5) is 23.2 Å². The summed E-state index contributed by atoms with van der Waals surface area (Å²) < 4.78 is 66.9. The highest BCUT2D eigenvalue weighted by atomic mass is 35.5. The van der Waals surface area contributed by atoms with E-state index in [-0.39, 0.29) is 34.1 Å². The molecule has 1 unspecified atom stereocenters. The summed E-state index contributed by atoms with van der Waals surface area (Å²) in [6, 6.07) is 11.0. The molecule has 32 heavy (non-hydrogen) atoms. The van der Waals surface area contributed by atoms with Crippen molar-refractivity contribution in [3.05, 3.63) is 76.1 Å². The number of nitrogens with one attached hydrogen (secondary N) is 1. The second-order valence-corrected chi connectivity index (χ2v) is 8.82. The van der Waals surface area contributed by atoms with Crippen molar-refractivity contribution in [3.63, 3.8) is 0 Å². The second kappa shape index (κ2) is 9.46. The monoisotopic (exact) mass is 486 g/mol. The molecule has 0 bridgehead atoms. The van der Waals surface area contributed by atoms with Gasteiger partial charge in [-0.05, 0) is 55.5 Å². The summed E-state index contributed by atoms with van der Waals surface area (Å²) in [6.45, 7) is 0.684. The first-order valence-corrected chi connectivity index (χ1v) is 11.4. The number of benzene rings is 2. The summed E-state index contributed by atoms with van der Waals surface area (Å²) >= 11 is 5.78. The zero-order valence-corrected chi connectivity index (χ0v) is 18.7. The number of alkyl halides is 4. The lowest BCUT2D eigenvalue weighted by Crippen LogP contribution is -2.15. The van der Waals surface area contributed by atoms with Gasteiger partial charge in [0.05, 0.1) is 23.5 Å². The summed E-state index contributed by atoms with van der Waals surface area (Å²) in [4.78, 5) is 13.5. The maximum absolute atomic E-state index is 13.7. The summed E-state index contributed by atoms with van der Waals surface area (Å²) in [5.41, 5.74) is -0.245. The smallest absolute Gasteiger partial charge is 0.322 e. The predicted octanol–water partition coefficient (Wildman–Crippen LogP) is 5.96. The topological polar surface area (TPSA) is 51.1 Å². The van der Waals surface area contributed by atoms with Gasteiger partial charge in [0.1, 0.15) is 0 Å². The Morgan fingerprint density at radius 1 is 1.12 bits per heavy atom. The summed E-state index contributed by atoms with van der Waals surface area (Å²) in [5, 5.41) is 2.57. The molecular formula is C22H19ClF4N2O2S. The van der Waals surface area contributed by atoms with Crippen LogP contribution < -0.4 is 5.32 Å². The van der Waals surface area contributed by atoms with Gasteiger partial charge in [-0.25, -0.2) is 0 Å². The molecule has 0 fully saturated rings. The van der Waals surface area contributed by atoms with E-state index in [4.69, 9.17) is 11.6 Å². The van der Waals surface area contributed by atoms with Gasteiger partial charge in [0.15, 0.2) is 0 Å². The minimum atomic E-state index is -4.70. The van der Waals surface area contributed by atoms with E-state index in [0.717, 1.165) is 6.07 Å². The minimum Gasteiger partial charge on any atom is -0.322 e. The Hall–Kier alpha value is -2.65. The van der Waals surface area contributed by atoms with Gasteiger partial charge < -0.3 is 9.88 Å². The lowest BCUT2D eigenvalue weighted by molar-refractivity contribution is -0.137. The maximum Gasteiger partial charge on any atom is 0.418 e. The molecule has 3 rings (SSSR count). The fourth-order valence-corrected chi connectivity index (χ4v) is 4.07. The highest BCUT2D eigenvalue weighted by molar-refractivity contribution is 7.84. The van der Waals surface area contributed by atoms with Crippen LogP contribution in [0.3, 0.4) is 0 Å². The molecule has 4 nitrogen and oxygen atoms in total. The van der Waals surface area contributed by atoms with E-state index in [2.05, 4.69) is 5.32 Å². The normalized spacial score (nSPS) is 12.6. The molecule has 10 heteroatoms. The molecule has 1 aromatic heterocycles. The molecule has 0 saturated carbocycles. The molecule has 170 valence electrons. The number of aromatic nitrogens is 1. The number of anilines is 1. The van der Waals surface area contributed by atoms with Crippen LogP contribution in [0.5, 0.6) is 0 Å². The number of halogens is 5. The molecular weight excluding hydrogens is 468 g/mol. The highest BCUT2D eigenvalue weighted by Gasteiger charge is 2.35. The van der Waals surface area contributed by atoms with E-state index in [1.165, 1.54) is 35.9 Å². The number of amides is 1. The Kier molecular flexibility index (Phi) is 7.09. The van der Waals surface area contributed by atoms with E-state index in [9.17, 15) is 26.6 Å². The Morgan fingerprint density at radius 2 is 1.78 bits per heavy atom. The van der Waals surface area contributed by atoms with E-state index < -0.39 is 35.1 Å². The average molecular weight is 487 g/mol. The van der Waals surface area contributed by atoms with E-state index >= 15 is 0 Å². The van der Waals surface area contributed by atoms with Crippen molar-refractivity contribution in [1.82, 2.24) is 4.57 Å². The largest absolute Gasteiger partial charge is 0.418 e. The second-order valence-electron chi connectivity index (χ2n) is 7.00. The Balaban J connectivity index is 2.05. The third-order valence-corrected chi connectivity index (χ3v) is 6.04. The van der Waals surface area contributed by atoms with E-state index in [0.29, 0.717) is 10.6 Å². The van der Waals surface area contributed by atoms with Gasteiger partial charge in [0, 0.05) is 50.5 Å². The summed E-state index contributed by atoms with van der Waals surface area (Å²) in [6.07, 6.45) is -3.35. The Labute approximate surface area is 189 Å². The quantitative estimate of drug-likeness (QED) is 0.437. The van der Waals surface area contributed by atoms with Crippen molar-refractivity contribution in [2.75, 3.05) is 18.2 Å². The molecule has 1 amide bonds. The third-order valence-electron chi connectivity index (χ3n) is 4.87. The average Bonchev–Trinajstić information content (AvgIpc) is 3.04. The van der Waals surface area contributed by atoms with Gasteiger partial charge in [0.25, 0.3) is 5.91 Å². The number of aryl methyl sites for hydroxylation is 1. The number of hydrogen-bond acceptors (Lipinski definition) is 2. The third kappa shape index (κ3) is 5.05. The van der Waals surface area contributed by atoms with Crippen LogP contribution >= 0.6 is 11.6 Å². The van der Waals surface area contributed by atoms with Crippen LogP contribution in [-0.4, -0.2) is 27.6 Å².